The molecule has 1 unspecified atom stereocenters. The Bertz CT molecular complexity index is 1060. The summed E-state index contributed by atoms with van der Waals surface area (Å²) in [5.74, 6) is 2.96. The van der Waals surface area contributed by atoms with Crippen molar-refractivity contribution in [2.24, 2.45) is 5.73 Å². The fourth-order valence-electron chi connectivity index (χ4n) is 3.38. The van der Waals surface area contributed by atoms with Gasteiger partial charge >= 0.3 is 0 Å². The van der Waals surface area contributed by atoms with E-state index in [9.17, 15) is 4.79 Å². The highest BCUT2D eigenvalue weighted by molar-refractivity contribution is 6.04. The molecule has 0 aromatic heterocycles. The molecule has 1 aliphatic heterocycles. The normalized spacial score (nSPS) is 14.3. The molecule has 0 spiro atoms. The lowest BCUT2D eigenvalue weighted by molar-refractivity contribution is -0.123. The average molecular weight is 467 g/mol. The minimum absolute atomic E-state index is 0.107. The molecule has 1 amide bonds. The number of ether oxygens (including phenoxy) is 5. The summed E-state index contributed by atoms with van der Waals surface area (Å²) < 4.78 is 26.6. The second kappa shape index (κ2) is 11.8. The summed E-state index contributed by atoms with van der Waals surface area (Å²) in [4.78, 5) is 13.2. The number of nitrogens with two attached hydrogens (primary N) is 1. The number of hydrogen-bond donors (Lipinski definition) is 1. The van der Waals surface area contributed by atoms with Crippen molar-refractivity contribution in [3.8, 4) is 28.7 Å². The van der Waals surface area contributed by atoms with Crippen molar-refractivity contribution in [2.45, 2.75) is 12.6 Å². The van der Waals surface area contributed by atoms with Gasteiger partial charge in [0.15, 0.2) is 23.0 Å². The topological polar surface area (TPSA) is 92.5 Å². The molecule has 1 heterocycles. The Kier molecular flexibility index (Phi) is 8.59. The number of methoxy groups -OCH3 is 4. The van der Waals surface area contributed by atoms with E-state index < -0.39 is 6.04 Å². The number of β-lactam (4-membered cyclic amide) rings is 1. The molecule has 1 fully saturated rings. The first-order valence-electron chi connectivity index (χ1n) is 10.7. The van der Waals surface area contributed by atoms with Gasteiger partial charge in [0.05, 0.1) is 40.7 Å². The van der Waals surface area contributed by atoms with Crippen molar-refractivity contribution in [3.05, 3.63) is 72.3 Å². The fraction of sp³-hybridized carbons (Fsp3) is 0.269. The Morgan fingerprint density at radius 2 is 1.35 bits per heavy atom. The first-order chi connectivity index (χ1) is 16.5. The van der Waals surface area contributed by atoms with Crippen LogP contribution < -0.4 is 34.3 Å². The second-order valence-electron chi connectivity index (χ2n) is 7.36. The first-order valence-corrected chi connectivity index (χ1v) is 10.7. The van der Waals surface area contributed by atoms with E-state index in [4.69, 9.17) is 29.4 Å². The number of nitrogens with zero attached hydrogens (tertiary/aromatic N) is 1. The van der Waals surface area contributed by atoms with Gasteiger partial charge in [-0.25, -0.2) is 0 Å². The third kappa shape index (κ3) is 5.71. The van der Waals surface area contributed by atoms with Crippen molar-refractivity contribution >= 4 is 11.6 Å². The summed E-state index contributed by atoms with van der Waals surface area (Å²) in [5, 5.41) is 0. The van der Waals surface area contributed by atoms with E-state index in [2.05, 4.69) is 0 Å². The van der Waals surface area contributed by atoms with Crippen LogP contribution in [0.25, 0.3) is 0 Å². The molecular formula is C26H30N2O6. The molecule has 3 aromatic carbocycles. The number of hydrogen-bond acceptors (Lipinski definition) is 7. The van der Waals surface area contributed by atoms with E-state index in [1.54, 1.807) is 24.1 Å². The maximum Gasteiger partial charge on any atom is 0.245 e. The van der Waals surface area contributed by atoms with E-state index in [0.717, 1.165) is 17.1 Å². The van der Waals surface area contributed by atoms with Gasteiger partial charge in [0.2, 0.25) is 11.7 Å². The van der Waals surface area contributed by atoms with Crippen LogP contribution in [0.15, 0.2) is 66.7 Å². The van der Waals surface area contributed by atoms with E-state index in [-0.39, 0.29) is 5.91 Å². The van der Waals surface area contributed by atoms with Gasteiger partial charge < -0.3 is 34.3 Å². The van der Waals surface area contributed by atoms with Crippen LogP contribution in [0.1, 0.15) is 5.56 Å². The second-order valence-corrected chi connectivity index (χ2v) is 7.36. The lowest BCUT2D eigenvalue weighted by atomic mass is 10.1. The molecule has 4 rings (SSSR count). The van der Waals surface area contributed by atoms with Crippen LogP contribution in [-0.2, 0) is 11.4 Å². The molecule has 1 aliphatic rings. The molecule has 0 radical (unpaired) electrons. The van der Waals surface area contributed by atoms with Gasteiger partial charge in [-0.3, -0.25) is 4.79 Å². The summed E-state index contributed by atoms with van der Waals surface area (Å²) in [5.41, 5.74) is 7.41. The molecule has 0 bridgehead atoms. The van der Waals surface area contributed by atoms with Gasteiger partial charge in [0.1, 0.15) is 12.6 Å². The number of rotatable bonds is 8. The van der Waals surface area contributed by atoms with Gasteiger partial charge in [0.25, 0.3) is 0 Å². The smallest absolute Gasteiger partial charge is 0.245 e. The van der Waals surface area contributed by atoms with Crippen molar-refractivity contribution in [1.82, 2.24) is 0 Å². The molecule has 0 aliphatic carbocycles. The van der Waals surface area contributed by atoms with E-state index in [1.165, 1.54) is 21.3 Å². The van der Waals surface area contributed by atoms with Gasteiger partial charge in [-0.2, -0.15) is 0 Å². The standard InChI is InChI=1S/C14H14O2.C12H16N2O4/c1-15-13-9-5-6-10-14(13)16-11-12-7-3-2-4-8-12;1-16-9-4-7(14-6-8(13)12(14)15)5-10(17-2)11(9)18-3/h2-10H,11H2,1H3;4-5,8H,6,13H2,1-3H3. The Balaban J connectivity index is 0.000000192. The van der Waals surface area contributed by atoms with Gasteiger partial charge in [-0.05, 0) is 17.7 Å². The first kappa shape index (κ1) is 24.7. The molecule has 34 heavy (non-hydrogen) atoms. The third-order valence-electron chi connectivity index (χ3n) is 5.23. The fourth-order valence-corrected chi connectivity index (χ4v) is 3.38. The van der Waals surface area contributed by atoms with Crippen molar-refractivity contribution in [3.63, 3.8) is 0 Å². The van der Waals surface area contributed by atoms with Crippen molar-refractivity contribution in [2.75, 3.05) is 39.9 Å². The zero-order valence-electron chi connectivity index (χ0n) is 19.8. The van der Waals surface area contributed by atoms with Gasteiger partial charge in [-0.15, -0.1) is 0 Å². The molecule has 2 N–H and O–H groups in total. The Hall–Kier alpha value is -3.91. The number of anilines is 1. The Labute approximate surface area is 199 Å². The minimum atomic E-state index is -0.413. The minimum Gasteiger partial charge on any atom is -0.493 e. The predicted molar refractivity (Wildman–Crippen MR) is 130 cm³/mol. The van der Waals surface area contributed by atoms with Crippen molar-refractivity contribution < 1.29 is 28.5 Å². The SMILES string of the molecule is COc1cc(N2CC(N)C2=O)cc(OC)c1OC.COc1ccccc1OCc1ccccc1. The van der Waals surface area contributed by atoms with Gasteiger partial charge in [-0.1, -0.05) is 42.5 Å². The number of amides is 1. The lowest BCUT2D eigenvalue weighted by Gasteiger charge is -2.36. The monoisotopic (exact) mass is 466 g/mol. The lowest BCUT2D eigenvalue weighted by Crippen LogP contribution is -2.61. The van der Waals surface area contributed by atoms with E-state index in [0.29, 0.717) is 36.1 Å². The molecule has 0 saturated carbocycles. The summed E-state index contributed by atoms with van der Waals surface area (Å²) in [6.07, 6.45) is 0. The summed E-state index contributed by atoms with van der Waals surface area (Å²) in [7, 11) is 6.24. The Morgan fingerprint density at radius 1 is 0.794 bits per heavy atom. The average Bonchev–Trinajstić information content (AvgIpc) is 2.90. The van der Waals surface area contributed by atoms with Crippen LogP contribution in [0, 0.1) is 0 Å². The zero-order valence-corrected chi connectivity index (χ0v) is 19.8. The Morgan fingerprint density at radius 3 is 1.85 bits per heavy atom. The van der Waals surface area contributed by atoms with Crippen LogP contribution >= 0.6 is 0 Å². The third-order valence-corrected chi connectivity index (χ3v) is 5.23. The number of para-hydroxylation sites is 2. The highest BCUT2D eigenvalue weighted by Gasteiger charge is 2.35. The van der Waals surface area contributed by atoms with E-state index >= 15 is 0 Å². The van der Waals surface area contributed by atoms with Crippen molar-refractivity contribution in [1.29, 1.82) is 0 Å². The summed E-state index contributed by atoms with van der Waals surface area (Å²) in [6.45, 7) is 1.05. The molecule has 1 saturated heterocycles. The molecule has 180 valence electrons. The molecule has 3 aromatic rings. The molecule has 8 heteroatoms. The molecule has 1 atom stereocenters. The number of benzene rings is 3. The summed E-state index contributed by atoms with van der Waals surface area (Å²) in [6, 6.07) is 20.8. The van der Waals surface area contributed by atoms with Crippen LogP contribution in [0.4, 0.5) is 5.69 Å². The highest BCUT2D eigenvalue weighted by atomic mass is 16.5. The van der Waals surface area contributed by atoms with Gasteiger partial charge in [0, 0.05) is 12.1 Å². The maximum absolute atomic E-state index is 11.6. The quantitative estimate of drug-likeness (QED) is 0.507. The highest BCUT2D eigenvalue weighted by Crippen LogP contribution is 2.41. The van der Waals surface area contributed by atoms with E-state index in [1.807, 2.05) is 54.6 Å². The van der Waals surface area contributed by atoms with Crippen LogP contribution in [-0.4, -0.2) is 46.9 Å². The summed E-state index contributed by atoms with van der Waals surface area (Å²) >= 11 is 0. The largest absolute Gasteiger partial charge is 0.493 e. The van der Waals surface area contributed by atoms with Crippen LogP contribution in [0.2, 0.25) is 0 Å². The predicted octanol–water partition coefficient (Wildman–Crippen LogP) is 3.66. The molecular weight excluding hydrogens is 436 g/mol. The maximum atomic E-state index is 11.6. The van der Waals surface area contributed by atoms with Crippen LogP contribution in [0.3, 0.4) is 0 Å². The molecule has 8 nitrogen and oxygen atoms in total. The number of carbonyl (C=O) groups excluding carboxylic acids is 1. The number of carbonyl (C=O) groups is 1. The zero-order chi connectivity index (χ0) is 24.5. The van der Waals surface area contributed by atoms with Crippen LogP contribution in [0.5, 0.6) is 28.7 Å².